The van der Waals surface area contributed by atoms with Gasteiger partial charge in [0.15, 0.2) is 0 Å². The first-order valence-corrected chi connectivity index (χ1v) is 8.63. The van der Waals surface area contributed by atoms with E-state index in [0.29, 0.717) is 12.2 Å². The van der Waals surface area contributed by atoms with Crippen molar-refractivity contribution in [3.63, 3.8) is 0 Å². The Bertz CT molecular complexity index is 845. The summed E-state index contributed by atoms with van der Waals surface area (Å²) in [6.45, 7) is 7.04. The smallest absolute Gasteiger partial charge is 0.224 e. The van der Waals surface area contributed by atoms with Gasteiger partial charge in [-0.05, 0) is 43.3 Å². The lowest BCUT2D eigenvalue weighted by Crippen LogP contribution is -2.05. The summed E-state index contributed by atoms with van der Waals surface area (Å²) in [5, 5.41) is 1.11. The van der Waals surface area contributed by atoms with Crippen molar-refractivity contribution in [2.75, 3.05) is 13.7 Å². The second kappa shape index (κ2) is 7.11. The van der Waals surface area contributed by atoms with Crippen molar-refractivity contribution >= 4 is 27.3 Å². The molecule has 0 aliphatic carbocycles. The number of carbonyl (C=O) groups is 1. The highest BCUT2D eigenvalue weighted by Crippen LogP contribution is 2.30. The molecule has 0 saturated carbocycles. The first kappa shape index (κ1) is 16.6. The lowest BCUT2D eigenvalue weighted by molar-refractivity contribution is 0.104. The number of carbonyl (C=O) groups excluding carboxylic acids is 1. The molecular formula is C19H20NO3S+. The maximum atomic E-state index is 12.7. The molecule has 4 nitrogen and oxygen atoms in total. The van der Waals surface area contributed by atoms with Crippen LogP contribution in [0.4, 0.5) is 0 Å². The van der Waals surface area contributed by atoms with Crippen LogP contribution in [-0.2, 0) is 11.3 Å². The zero-order chi connectivity index (χ0) is 17.1. The first-order chi connectivity index (χ1) is 11.6. The van der Waals surface area contributed by atoms with Crippen LogP contribution in [0.15, 0.2) is 36.4 Å². The number of ketones is 1. The fraction of sp³-hybridized carbons (Fsp3) is 0.263. The number of rotatable bonds is 7. The lowest BCUT2D eigenvalue weighted by Gasteiger charge is -2.04. The van der Waals surface area contributed by atoms with E-state index in [1.165, 1.54) is 17.0 Å². The molecule has 0 N–H and O–H groups in total. The Kier molecular flexibility index (Phi) is 4.92. The minimum absolute atomic E-state index is 0.0428. The molecule has 2 heterocycles. The molecule has 0 unspecified atom stereocenters. The standard InChI is InChI=1S/C19H20NO3S/c1-4-23-10-9-20-13(2)11-15-12-17(24-19(15)20)18(21)14-5-7-16(22-3)8-6-14/h4-8,11-12H,9-10H2,1-3H3/q+1. The Morgan fingerprint density at radius 3 is 2.67 bits per heavy atom. The molecule has 1 aromatic carbocycles. The minimum atomic E-state index is 0.0428. The Labute approximate surface area is 145 Å². The van der Waals surface area contributed by atoms with Crippen molar-refractivity contribution in [2.45, 2.75) is 20.4 Å². The lowest BCUT2D eigenvalue weighted by atomic mass is 10.1. The van der Waals surface area contributed by atoms with Crippen molar-refractivity contribution in [1.29, 1.82) is 0 Å². The molecule has 0 amide bonds. The molecule has 0 saturated heterocycles. The van der Waals surface area contributed by atoms with Gasteiger partial charge >= 0.3 is 0 Å². The molecule has 0 atom stereocenters. The van der Waals surface area contributed by atoms with Gasteiger partial charge in [-0.25, -0.2) is 0 Å². The van der Waals surface area contributed by atoms with Gasteiger partial charge in [0.25, 0.3) is 0 Å². The van der Waals surface area contributed by atoms with Crippen molar-refractivity contribution in [1.82, 2.24) is 4.57 Å². The summed E-state index contributed by atoms with van der Waals surface area (Å²) < 4.78 is 12.7. The van der Waals surface area contributed by atoms with Crippen molar-refractivity contribution in [3.05, 3.63) is 59.1 Å². The topological polar surface area (TPSA) is 40.5 Å². The highest BCUT2D eigenvalue weighted by molar-refractivity contribution is 7.20. The van der Waals surface area contributed by atoms with E-state index in [1.54, 1.807) is 25.8 Å². The monoisotopic (exact) mass is 342 g/mol. The van der Waals surface area contributed by atoms with Crippen LogP contribution in [0.25, 0.3) is 10.2 Å². The third-order valence-corrected chi connectivity index (χ3v) is 5.12. The SMILES string of the molecule is C[CH+]OCCn1c(C)cc2cc(C(=O)c3ccc(OC)cc3)sc21. The summed E-state index contributed by atoms with van der Waals surface area (Å²) in [5.74, 6) is 0.791. The van der Waals surface area contributed by atoms with Crippen LogP contribution in [0.3, 0.4) is 0 Å². The maximum absolute atomic E-state index is 12.7. The number of thiophene rings is 1. The van der Waals surface area contributed by atoms with Gasteiger partial charge in [-0.1, -0.05) is 0 Å². The zero-order valence-corrected chi connectivity index (χ0v) is 14.9. The van der Waals surface area contributed by atoms with E-state index in [2.05, 4.69) is 17.6 Å². The van der Waals surface area contributed by atoms with Crippen molar-refractivity contribution in [2.24, 2.45) is 0 Å². The number of hydrogen-bond acceptors (Lipinski definition) is 4. The molecule has 24 heavy (non-hydrogen) atoms. The van der Waals surface area contributed by atoms with E-state index in [0.717, 1.165) is 27.4 Å². The van der Waals surface area contributed by atoms with Crippen LogP contribution in [0.2, 0.25) is 0 Å². The summed E-state index contributed by atoms with van der Waals surface area (Å²) in [4.78, 5) is 14.6. The molecule has 0 aliphatic heterocycles. The summed E-state index contributed by atoms with van der Waals surface area (Å²) in [6, 6.07) is 11.3. The average Bonchev–Trinajstić information content (AvgIpc) is 3.13. The highest BCUT2D eigenvalue weighted by atomic mass is 32.1. The van der Waals surface area contributed by atoms with Crippen LogP contribution in [-0.4, -0.2) is 24.1 Å². The Balaban J connectivity index is 1.88. The van der Waals surface area contributed by atoms with Gasteiger partial charge in [-0.15, -0.1) is 11.3 Å². The number of fused-ring (bicyclic) bond motifs is 1. The van der Waals surface area contributed by atoms with E-state index < -0.39 is 0 Å². The third-order valence-electron chi connectivity index (χ3n) is 3.95. The Morgan fingerprint density at radius 1 is 1.25 bits per heavy atom. The van der Waals surface area contributed by atoms with Gasteiger partial charge in [-0.2, -0.15) is 4.74 Å². The Morgan fingerprint density at radius 2 is 2.00 bits per heavy atom. The molecule has 0 bridgehead atoms. The number of nitrogens with zero attached hydrogens (tertiary/aromatic N) is 1. The zero-order valence-electron chi connectivity index (χ0n) is 14.0. The molecular weight excluding hydrogens is 322 g/mol. The fourth-order valence-corrected chi connectivity index (χ4v) is 3.90. The van der Waals surface area contributed by atoms with E-state index in [-0.39, 0.29) is 5.78 Å². The normalized spacial score (nSPS) is 11.0. The molecule has 3 aromatic rings. The van der Waals surface area contributed by atoms with Gasteiger partial charge in [0, 0.05) is 16.6 Å². The van der Waals surface area contributed by atoms with Crippen LogP contribution in [0, 0.1) is 13.5 Å². The fourth-order valence-electron chi connectivity index (χ4n) is 2.71. The van der Waals surface area contributed by atoms with Crippen LogP contribution >= 0.6 is 11.3 Å². The largest absolute Gasteiger partial charge is 0.497 e. The molecule has 2 aromatic heterocycles. The predicted octanol–water partition coefficient (Wildman–Crippen LogP) is 4.45. The third kappa shape index (κ3) is 3.18. The number of aryl methyl sites for hydroxylation is 1. The van der Waals surface area contributed by atoms with Gasteiger partial charge in [0.1, 0.15) is 24.1 Å². The summed E-state index contributed by atoms with van der Waals surface area (Å²) in [5.41, 5.74) is 1.85. The molecule has 0 fully saturated rings. The Hall–Kier alpha value is -2.24. The number of methoxy groups -OCH3 is 1. The number of aromatic nitrogens is 1. The summed E-state index contributed by atoms with van der Waals surface area (Å²) in [7, 11) is 1.61. The quantitative estimate of drug-likeness (QED) is 0.362. The van der Waals surface area contributed by atoms with E-state index in [4.69, 9.17) is 9.47 Å². The first-order valence-electron chi connectivity index (χ1n) is 7.82. The summed E-state index contributed by atoms with van der Waals surface area (Å²) >= 11 is 1.53. The molecule has 124 valence electrons. The molecule has 0 aliphatic rings. The number of hydrogen-bond donors (Lipinski definition) is 0. The minimum Gasteiger partial charge on any atom is -0.497 e. The molecule has 0 spiro atoms. The molecule has 5 heteroatoms. The second-order valence-corrected chi connectivity index (χ2v) is 6.50. The molecule has 0 radical (unpaired) electrons. The van der Waals surface area contributed by atoms with E-state index in [1.807, 2.05) is 25.1 Å². The van der Waals surface area contributed by atoms with Crippen molar-refractivity contribution in [3.8, 4) is 5.75 Å². The van der Waals surface area contributed by atoms with Crippen LogP contribution in [0.1, 0.15) is 27.9 Å². The predicted molar refractivity (Wildman–Crippen MR) is 96.9 cm³/mol. The van der Waals surface area contributed by atoms with Gasteiger partial charge in [0.2, 0.25) is 12.4 Å². The van der Waals surface area contributed by atoms with Gasteiger partial charge < -0.3 is 9.30 Å². The van der Waals surface area contributed by atoms with Crippen LogP contribution in [0.5, 0.6) is 5.75 Å². The number of ether oxygens (including phenoxy) is 2. The molecule has 3 rings (SSSR count). The number of benzene rings is 1. The average molecular weight is 342 g/mol. The van der Waals surface area contributed by atoms with Crippen LogP contribution < -0.4 is 4.74 Å². The van der Waals surface area contributed by atoms with Gasteiger partial charge in [-0.3, -0.25) is 4.79 Å². The van der Waals surface area contributed by atoms with E-state index in [9.17, 15) is 4.79 Å². The van der Waals surface area contributed by atoms with E-state index >= 15 is 0 Å². The van der Waals surface area contributed by atoms with Gasteiger partial charge in [0.05, 0.1) is 18.5 Å². The second-order valence-electron chi connectivity index (χ2n) is 5.47. The summed E-state index contributed by atoms with van der Waals surface area (Å²) in [6.07, 6.45) is 0. The highest BCUT2D eigenvalue weighted by Gasteiger charge is 2.16. The maximum Gasteiger partial charge on any atom is 0.224 e. The van der Waals surface area contributed by atoms with Crippen molar-refractivity contribution < 1.29 is 14.3 Å².